The number of carbonyl (C=O) groups is 1. The fourth-order valence-electron chi connectivity index (χ4n) is 2.92. The minimum atomic E-state index is -0.635. The highest BCUT2D eigenvalue weighted by molar-refractivity contribution is 6.13. The van der Waals surface area contributed by atoms with Crippen LogP contribution in [-0.4, -0.2) is 5.78 Å². The molecule has 0 bridgehead atoms. The largest absolute Gasteiger partial charge is 0.452 e. The molecule has 0 unspecified atom stereocenters. The summed E-state index contributed by atoms with van der Waals surface area (Å²) in [5.41, 5.74) is 1.63. The Balaban J connectivity index is 1.94. The highest BCUT2D eigenvalue weighted by atomic mass is 19.1. The van der Waals surface area contributed by atoms with Crippen LogP contribution in [0.1, 0.15) is 15.9 Å². The lowest BCUT2D eigenvalue weighted by atomic mass is 9.99. The van der Waals surface area contributed by atoms with E-state index in [0.717, 1.165) is 0 Å². The Morgan fingerprint density at radius 1 is 0.654 bits per heavy atom. The van der Waals surface area contributed by atoms with Gasteiger partial charge >= 0.3 is 0 Å². The molecule has 26 heavy (non-hydrogen) atoms. The fourth-order valence-corrected chi connectivity index (χ4v) is 2.92. The zero-order valence-electron chi connectivity index (χ0n) is 13.9. The van der Waals surface area contributed by atoms with Crippen molar-refractivity contribution in [2.24, 2.45) is 0 Å². The van der Waals surface area contributed by atoms with Crippen LogP contribution in [0.15, 0.2) is 95.4 Å². The van der Waals surface area contributed by atoms with E-state index in [0.29, 0.717) is 16.7 Å². The molecule has 4 aromatic rings. The molecule has 0 aliphatic carbocycles. The third-order valence-corrected chi connectivity index (χ3v) is 4.19. The van der Waals surface area contributed by atoms with Crippen molar-refractivity contribution in [1.29, 1.82) is 0 Å². The van der Waals surface area contributed by atoms with Crippen molar-refractivity contribution in [2.45, 2.75) is 0 Å². The maximum atomic E-state index is 15.3. The predicted octanol–water partition coefficient (Wildman–Crippen LogP) is 5.98. The summed E-state index contributed by atoms with van der Waals surface area (Å²) in [4.78, 5) is 13.0. The van der Waals surface area contributed by atoms with Crippen molar-refractivity contribution >= 4 is 5.78 Å². The molecule has 2 nitrogen and oxygen atoms in total. The van der Waals surface area contributed by atoms with Crippen LogP contribution in [0.4, 0.5) is 4.39 Å². The summed E-state index contributed by atoms with van der Waals surface area (Å²) in [7, 11) is 0. The quantitative estimate of drug-likeness (QED) is 0.427. The summed E-state index contributed by atoms with van der Waals surface area (Å²) in [6.07, 6.45) is 0. The molecule has 1 aromatic heterocycles. The van der Waals surface area contributed by atoms with Crippen molar-refractivity contribution in [1.82, 2.24) is 0 Å². The van der Waals surface area contributed by atoms with Gasteiger partial charge in [0, 0.05) is 16.7 Å². The predicted molar refractivity (Wildman–Crippen MR) is 99.4 cm³/mol. The first-order valence-electron chi connectivity index (χ1n) is 8.28. The van der Waals surface area contributed by atoms with Crippen LogP contribution < -0.4 is 0 Å². The minimum absolute atomic E-state index is 0.0405. The van der Waals surface area contributed by atoms with Gasteiger partial charge in [0.25, 0.3) is 0 Å². The van der Waals surface area contributed by atoms with Gasteiger partial charge in [0.05, 0.1) is 0 Å². The molecule has 0 amide bonds. The summed E-state index contributed by atoms with van der Waals surface area (Å²) in [5, 5.41) is 0. The number of benzene rings is 3. The van der Waals surface area contributed by atoms with Crippen LogP contribution in [0.5, 0.6) is 0 Å². The molecular weight excluding hydrogens is 327 g/mol. The maximum absolute atomic E-state index is 15.3. The van der Waals surface area contributed by atoms with Crippen LogP contribution in [0.25, 0.3) is 22.6 Å². The zero-order chi connectivity index (χ0) is 17.9. The van der Waals surface area contributed by atoms with Gasteiger partial charge < -0.3 is 4.42 Å². The standard InChI is InChI=1S/C23H15FO2/c24-20-19(21(25)16-10-4-1-5-11-16)22(17-12-6-2-7-13-17)26-23(20)18-14-8-3-9-15-18/h1-15H. The van der Waals surface area contributed by atoms with Crippen LogP contribution in [0.2, 0.25) is 0 Å². The molecule has 0 spiro atoms. The summed E-state index contributed by atoms with van der Waals surface area (Å²) < 4.78 is 21.2. The second-order valence-corrected chi connectivity index (χ2v) is 5.88. The Bertz CT molecular complexity index is 1040. The normalized spacial score (nSPS) is 10.7. The van der Waals surface area contributed by atoms with Crippen molar-refractivity contribution in [3.05, 3.63) is 108 Å². The van der Waals surface area contributed by atoms with Crippen LogP contribution in [0.3, 0.4) is 0 Å². The first-order chi connectivity index (χ1) is 12.8. The average molecular weight is 342 g/mol. The maximum Gasteiger partial charge on any atom is 0.199 e. The highest BCUT2D eigenvalue weighted by Gasteiger charge is 2.28. The monoisotopic (exact) mass is 342 g/mol. The van der Waals surface area contributed by atoms with Crippen molar-refractivity contribution in [3.8, 4) is 22.6 Å². The second kappa shape index (κ2) is 6.81. The van der Waals surface area contributed by atoms with Gasteiger partial charge in [-0.05, 0) is 0 Å². The lowest BCUT2D eigenvalue weighted by molar-refractivity contribution is 0.103. The van der Waals surface area contributed by atoms with Crippen molar-refractivity contribution in [3.63, 3.8) is 0 Å². The first kappa shape index (κ1) is 16.0. The molecular formula is C23H15FO2. The average Bonchev–Trinajstić information content (AvgIpc) is 3.06. The molecule has 0 radical (unpaired) electrons. The SMILES string of the molecule is O=C(c1ccccc1)c1c(-c2ccccc2)oc(-c2ccccc2)c1F. The molecule has 4 rings (SSSR count). The van der Waals surface area contributed by atoms with Crippen molar-refractivity contribution < 1.29 is 13.6 Å². The van der Waals surface area contributed by atoms with E-state index in [-0.39, 0.29) is 17.1 Å². The summed E-state index contributed by atoms with van der Waals surface area (Å²) in [5.74, 6) is -0.712. The molecule has 0 saturated carbocycles. The highest BCUT2D eigenvalue weighted by Crippen LogP contribution is 2.37. The number of furan rings is 1. The second-order valence-electron chi connectivity index (χ2n) is 5.88. The third kappa shape index (κ3) is 2.84. The number of ketones is 1. The van der Waals surface area contributed by atoms with Crippen LogP contribution in [-0.2, 0) is 0 Å². The number of hydrogen-bond acceptors (Lipinski definition) is 2. The third-order valence-electron chi connectivity index (χ3n) is 4.19. The van der Waals surface area contributed by atoms with E-state index in [4.69, 9.17) is 4.42 Å². The smallest absolute Gasteiger partial charge is 0.199 e. The lowest BCUT2D eigenvalue weighted by Gasteiger charge is -2.02. The van der Waals surface area contributed by atoms with Gasteiger partial charge in [0.2, 0.25) is 0 Å². The Labute approximate surface area is 150 Å². The molecule has 0 N–H and O–H groups in total. The number of hydrogen-bond donors (Lipinski definition) is 0. The molecule has 0 aliphatic heterocycles. The molecule has 0 saturated heterocycles. The molecule has 3 aromatic carbocycles. The van der Waals surface area contributed by atoms with Gasteiger partial charge in [0.1, 0.15) is 11.3 Å². The van der Waals surface area contributed by atoms with Crippen LogP contribution in [0, 0.1) is 5.82 Å². The van der Waals surface area contributed by atoms with Crippen molar-refractivity contribution in [2.75, 3.05) is 0 Å². The van der Waals surface area contributed by atoms with Gasteiger partial charge in [-0.2, -0.15) is 0 Å². The zero-order valence-corrected chi connectivity index (χ0v) is 13.9. The Morgan fingerprint density at radius 2 is 1.12 bits per heavy atom. The lowest BCUT2D eigenvalue weighted by Crippen LogP contribution is -2.04. The molecule has 126 valence electrons. The van der Waals surface area contributed by atoms with E-state index in [1.54, 1.807) is 60.7 Å². The topological polar surface area (TPSA) is 30.2 Å². The van der Waals surface area contributed by atoms with E-state index in [1.165, 1.54) is 0 Å². The molecule has 0 fully saturated rings. The van der Waals surface area contributed by atoms with E-state index >= 15 is 4.39 Å². The van der Waals surface area contributed by atoms with E-state index in [9.17, 15) is 4.79 Å². The van der Waals surface area contributed by atoms with Gasteiger partial charge in [0.15, 0.2) is 17.4 Å². The van der Waals surface area contributed by atoms with Gasteiger partial charge in [-0.15, -0.1) is 0 Å². The molecule has 0 aliphatic rings. The summed E-state index contributed by atoms with van der Waals surface area (Å²) >= 11 is 0. The van der Waals surface area contributed by atoms with Gasteiger partial charge in [-0.1, -0.05) is 91.0 Å². The summed E-state index contributed by atoms with van der Waals surface area (Å²) in [6.45, 7) is 0. The first-order valence-corrected chi connectivity index (χ1v) is 8.28. The fraction of sp³-hybridized carbons (Fsp3) is 0. The number of carbonyl (C=O) groups excluding carboxylic acids is 1. The Hall–Kier alpha value is -3.46. The Morgan fingerprint density at radius 3 is 1.65 bits per heavy atom. The van der Waals surface area contributed by atoms with Gasteiger partial charge in [-0.3, -0.25) is 4.79 Å². The van der Waals surface area contributed by atoms with E-state index in [1.807, 2.05) is 30.3 Å². The van der Waals surface area contributed by atoms with Gasteiger partial charge in [-0.25, -0.2) is 4.39 Å². The van der Waals surface area contributed by atoms with Crippen LogP contribution >= 0.6 is 0 Å². The Kier molecular flexibility index (Phi) is 4.20. The summed E-state index contributed by atoms with van der Waals surface area (Å²) in [6, 6.07) is 26.8. The number of rotatable bonds is 4. The van der Waals surface area contributed by atoms with E-state index in [2.05, 4.69) is 0 Å². The number of halogens is 1. The molecule has 1 heterocycles. The molecule has 3 heteroatoms. The van der Waals surface area contributed by atoms with E-state index < -0.39 is 11.6 Å². The minimum Gasteiger partial charge on any atom is -0.452 e. The molecule has 0 atom stereocenters.